The van der Waals surface area contributed by atoms with Gasteiger partial charge < -0.3 is 15.0 Å². The van der Waals surface area contributed by atoms with Crippen LogP contribution in [0.2, 0.25) is 0 Å². The maximum atomic E-state index is 6.52. The lowest BCUT2D eigenvalue weighted by molar-refractivity contribution is -0.0203. The van der Waals surface area contributed by atoms with Crippen molar-refractivity contribution < 1.29 is 4.74 Å². The zero-order valence-corrected chi connectivity index (χ0v) is 15.2. The summed E-state index contributed by atoms with van der Waals surface area (Å²) in [5.41, 5.74) is 2.49. The zero-order chi connectivity index (χ0) is 17.3. The van der Waals surface area contributed by atoms with Crippen LogP contribution >= 0.6 is 0 Å². The van der Waals surface area contributed by atoms with E-state index in [1.165, 1.54) is 11.1 Å². The van der Waals surface area contributed by atoms with Crippen LogP contribution in [0.3, 0.4) is 0 Å². The minimum Gasteiger partial charge on any atom is -0.487 e. The van der Waals surface area contributed by atoms with Gasteiger partial charge in [-0.3, -0.25) is 4.68 Å². The molecule has 2 aliphatic rings. The van der Waals surface area contributed by atoms with Crippen LogP contribution in [0.4, 0.5) is 0 Å². The summed E-state index contributed by atoms with van der Waals surface area (Å²) in [5.74, 6) is 1.06. The summed E-state index contributed by atoms with van der Waals surface area (Å²) in [4.78, 5) is 2.40. The average molecular weight is 340 g/mol. The van der Waals surface area contributed by atoms with E-state index in [1.54, 1.807) is 0 Å². The van der Waals surface area contributed by atoms with Gasteiger partial charge in [0.1, 0.15) is 11.4 Å². The van der Waals surface area contributed by atoms with Gasteiger partial charge in [0.25, 0.3) is 0 Å². The van der Waals surface area contributed by atoms with Crippen molar-refractivity contribution in [3.63, 3.8) is 0 Å². The Hall–Kier alpha value is -1.85. The molecular formula is C20H28N4O. The normalized spacial score (nSPS) is 22.6. The number of ether oxygens (including phenoxy) is 1. The number of para-hydroxylation sites is 1. The second-order valence-corrected chi connectivity index (χ2v) is 7.62. The molecule has 0 radical (unpaired) electrons. The van der Waals surface area contributed by atoms with E-state index in [0.29, 0.717) is 6.04 Å². The van der Waals surface area contributed by atoms with Gasteiger partial charge >= 0.3 is 0 Å². The van der Waals surface area contributed by atoms with E-state index in [2.05, 4.69) is 59.7 Å². The van der Waals surface area contributed by atoms with Crippen molar-refractivity contribution >= 4 is 0 Å². The zero-order valence-electron chi connectivity index (χ0n) is 15.2. The fraction of sp³-hybridized carbons (Fsp3) is 0.550. The number of nitrogens with one attached hydrogen (secondary N) is 1. The number of hydrogen-bond acceptors (Lipinski definition) is 4. The van der Waals surface area contributed by atoms with Gasteiger partial charge in [-0.1, -0.05) is 18.2 Å². The van der Waals surface area contributed by atoms with Gasteiger partial charge in [0, 0.05) is 43.9 Å². The van der Waals surface area contributed by atoms with Crippen molar-refractivity contribution in [2.75, 3.05) is 26.7 Å². The first-order valence-electron chi connectivity index (χ1n) is 9.33. The predicted molar refractivity (Wildman–Crippen MR) is 98.9 cm³/mol. The number of piperidine rings is 1. The van der Waals surface area contributed by atoms with E-state index >= 15 is 0 Å². The van der Waals surface area contributed by atoms with Crippen LogP contribution < -0.4 is 10.1 Å². The van der Waals surface area contributed by atoms with Crippen LogP contribution in [0, 0.1) is 6.92 Å². The van der Waals surface area contributed by atoms with E-state index < -0.39 is 0 Å². The molecule has 5 nitrogen and oxygen atoms in total. The number of fused-ring (bicyclic) bond motifs is 1. The first-order valence-corrected chi connectivity index (χ1v) is 9.33. The number of rotatable bonds is 4. The second-order valence-electron chi connectivity index (χ2n) is 7.62. The van der Waals surface area contributed by atoms with Crippen LogP contribution in [0.25, 0.3) is 0 Å². The molecule has 1 saturated heterocycles. The predicted octanol–water partition coefficient (Wildman–Crippen LogP) is 2.77. The third-order valence-electron chi connectivity index (χ3n) is 5.59. The van der Waals surface area contributed by atoms with Gasteiger partial charge in [-0.15, -0.1) is 0 Å². The van der Waals surface area contributed by atoms with Gasteiger partial charge in [0.2, 0.25) is 0 Å². The quantitative estimate of drug-likeness (QED) is 0.929. The van der Waals surface area contributed by atoms with Crippen molar-refractivity contribution in [3.05, 3.63) is 47.8 Å². The number of benzene rings is 1. The van der Waals surface area contributed by atoms with Gasteiger partial charge in [0.15, 0.2) is 0 Å². The maximum Gasteiger partial charge on any atom is 0.124 e. The first-order chi connectivity index (χ1) is 12.1. The highest BCUT2D eigenvalue weighted by Gasteiger charge is 2.42. The van der Waals surface area contributed by atoms with E-state index in [0.717, 1.165) is 51.2 Å². The van der Waals surface area contributed by atoms with Crippen molar-refractivity contribution in [2.45, 2.75) is 44.4 Å². The third-order valence-corrected chi connectivity index (χ3v) is 5.59. The summed E-state index contributed by atoms with van der Waals surface area (Å²) >= 11 is 0. The Bertz CT molecular complexity index is 718. The number of aromatic nitrogens is 2. The Morgan fingerprint density at radius 1 is 1.28 bits per heavy atom. The van der Waals surface area contributed by atoms with Crippen molar-refractivity contribution in [1.82, 2.24) is 20.0 Å². The van der Waals surface area contributed by atoms with Crippen LogP contribution in [0.5, 0.6) is 5.75 Å². The number of likely N-dealkylation sites (tertiary alicyclic amines) is 1. The smallest absolute Gasteiger partial charge is 0.124 e. The molecule has 4 rings (SSSR count). The third kappa shape index (κ3) is 3.58. The lowest BCUT2D eigenvalue weighted by Crippen LogP contribution is -2.51. The molecule has 1 fully saturated rings. The summed E-state index contributed by atoms with van der Waals surface area (Å²) in [7, 11) is 2.20. The van der Waals surface area contributed by atoms with Gasteiger partial charge in [-0.25, -0.2) is 0 Å². The largest absolute Gasteiger partial charge is 0.487 e. The van der Waals surface area contributed by atoms with Crippen molar-refractivity contribution in [3.8, 4) is 5.75 Å². The van der Waals surface area contributed by atoms with Crippen LogP contribution in [0.1, 0.15) is 36.4 Å². The SMILES string of the molecule is Cc1cnn(CCNC2CC3(CCN(C)CC3)Oc3ccccc32)c1. The molecule has 3 heterocycles. The molecule has 1 aromatic carbocycles. The molecule has 1 N–H and O–H groups in total. The van der Waals surface area contributed by atoms with Crippen molar-refractivity contribution in [1.29, 1.82) is 0 Å². The highest BCUT2D eigenvalue weighted by Crippen LogP contribution is 2.43. The highest BCUT2D eigenvalue weighted by atomic mass is 16.5. The Balaban J connectivity index is 1.47. The first kappa shape index (κ1) is 16.6. The fourth-order valence-electron chi connectivity index (χ4n) is 4.08. The van der Waals surface area contributed by atoms with Crippen LogP contribution in [-0.4, -0.2) is 47.0 Å². The molecule has 0 bridgehead atoms. The minimum atomic E-state index is -0.0131. The topological polar surface area (TPSA) is 42.3 Å². The number of nitrogens with zero attached hydrogens (tertiary/aromatic N) is 3. The number of hydrogen-bond donors (Lipinski definition) is 1. The lowest BCUT2D eigenvalue weighted by atomic mass is 9.80. The maximum absolute atomic E-state index is 6.52. The molecule has 1 spiro atoms. The summed E-state index contributed by atoms with van der Waals surface area (Å²) in [6.45, 7) is 6.11. The van der Waals surface area contributed by atoms with Crippen LogP contribution in [-0.2, 0) is 6.54 Å². The molecule has 2 aromatic rings. The highest BCUT2D eigenvalue weighted by molar-refractivity contribution is 5.39. The van der Waals surface area contributed by atoms with E-state index in [4.69, 9.17) is 4.74 Å². The molecule has 0 aliphatic carbocycles. The molecule has 1 unspecified atom stereocenters. The summed E-state index contributed by atoms with van der Waals surface area (Å²) in [5, 5.41) is 8.14. The molecule has 5 heteroatoms. The lowest BCUT2D eigenvalue weighted by Gasteiger charge is -2.46. The monoisotopic (exact) mass is 340 g/mol. The Kier molecular flexibility index (Phi) is 4.52. The summed E-state index contributed by atoms with van der Waals surface area (Å²) in [6.07, 6.45) is 7.27. The van der Waals surface area contributed by atoms with Crippen LogP contribution in [0.15, 0.2) is 36.7 Å². The van der Waals surface area contributed by atoms with Gasteiger partial charge in [-0.2, -0.15) is 5.10 Å². The molecule has 1 aromatic heterocycles. The van der Waals surface area contributed by atoms with E-state index in [9.17, 15) is 0 Å². The minimum absolute atomic E-state index is 0.0131. The summed E-state index contributed by atoms with van der Waals surface area (Å²) < 4.78 is 8.54. The molecule has 2 aliphatic heterocycles. The van der Waals surface area contributed by atoms with Gasteiger partial charge in [-0.05, 0) is 38.4 Å². The van der Waals surface area contributed by atoms with Crippen molar-refractivity contribution in [2.24, 2.45) is 0 Å². The second kappa shape index (κ2) is 6.81. The van der Waals surface area contributed by atoms with Gasteiger partial charge in [0.05, 0.1) is 12.7 Å². The average Bonchev–Trinajstić information content (AvgIpc) is 3.03. The molecule has 25 heavy (non-hydrogen) atoms. The van der Waals surface area contributed by atoms with E-state index in [1.807, 2.05) is 10.9 Å². The molecule has 0 saturated carbocycles. The Morgan fingerprint density at radius 2 is 2.08 bits per heavy atom. The standard InChI is InChI=1S/C20H28N4O/c1-16-14-22-24(15-16)12-9-21-18-13-20(7-10-23(2)11-8-20)25-19-6-4-3-5-17(18)19/h3-6,14-15,18,21H,7-13H2,1-2H3. The molecule has 134 valence electrons. The molecular weight excluding hydrogens is 312 g/mol. The molecule has 0 amide bonds. The Labute approximate surface area is 150 Å². The fourth-order valence-corrected chi connectivity index (χ4v) is 4.08. The number of aryl methyl sites for hydroxylation is 1. The molecule has 1 atom stereocenters. The Morgan fingerprint density at radius 3 is 2.84 bits per heavy atom. The van der Waals surface area contributed by atoms with E-state index in [-0.39, 0.29) is 5.60 Å². The summed E-state index contributed by atoms with van der Waals surface area (Å²) in [6, 6.07) is 8.87.